The summed E-state index contributed by atoms with van der Waals surface area (Å²) in [4.78, 5) is 15.5. The Balaban J connectivity index is 2.07. The maximum Gasteiger partial charge on any atom is 0.227 e. The minimum absolute atomic E-state index is 0.105. The third kappa shape index (κ3) is 3.33. The molecule has 0 atom stereocenters. The second-order valence-corrected chi connectivity index (χ2v) is 6.27. The molecule has 0 aliphatic rings. The zero-order valence-corrected chi connectivity index (χ0v) is 13.6. The molecule has 0 aliphatic heterocycles. The summed E-state index contributed by atoms with van der Waals surface area (Å²) in [7, 11) is 0. The molecule has 118 valence electrons. The van der Waals surface area contributed by atoms with Crippen molar-refractivity contribution in [1.29, 1.82) is 0 Å². The van der Waals surface area contributed by atoms with Crippen LogP contribution in [-0.2, 0) is 11.3 Å². The van der Waals surface area contributed by atoms with Crippen molar-refractivity contribution in [2.75, 3.05) is 5.75 Å². The molecule has 2 N–H and O–H groups in total. The molecule has 23 heavy (non-hydrogen) atoms. The fraction of sp³-hybridized carbons (Fsp3) is 0.125. The monoisotopic (exact) mass is 349 g/mol. The average Bonchev–Trinajstić information content (AvgIpc) is 2.87. The van der Waals surface area contributed by atoms with Crippen LogP contribution < -0.4 is 5.73 Å². The molecule has 7 heteroatoms. The zero-order chi connectivity index (χ0) is 16.4. The molecule has 0 radical (unpaired) electrons. The molecule has 1 aromatic heterocycles. The Morgan fingerprint density at radius 2 is 2.04 bits per heavy atom. The molecule has 0 bridgehead atoms. The molecule has 0 unspecified atom stereocenters. The smallest absolute Gasteiger partial charge is 0.227 e. The van der Waals surface area contributed by atoms with Crippen LogP contribution in [0.4, 0.5) is 4.39 Å². The van der Waals surface area contributed by atoms with E-state index in [0.29, 0.717) is 15.7 Å². The van der Waals surface area contributed by atoms with Crippen LogP contribution in [0.3, 0.4) is 0 Å². The summed E-state index contributed by atoms with van der Waals surface area (Å²) in [6.45, 7) is 0.229. The average molecular weight is 350 g/mol. The summed E-state index contributed by atoms with van der Waals surface area (Å²) in [5.41, 5.74) is 7.21. The molecule has 1 amide bonds. The van der Waals surface area contributed by atoms with E-state index in [0.717, 1.165) is 11.0 Å². The summed E-state index contributed by atoms with van der Waals surface area (Å²) in [5.74, 6) is -0.701. The Labute approximate surface area is 141 Å². The third-order valence-electron chi connectivity index (χ3n) is 3.34. The largest absolute Gasteiger partial charge is 0.369 e. The van der Waals surface area contributed by atoms with Crippen LogP contribution in [-0.4, -0.2) is 21.2 Å². The number of thioether (sulfide) groups is 1. The van der Waals surface area contributed by atoms with Crippen molar-refractivity contribution in [3.8, 4) is 0 Å². The Morgan fingerprint density at radius 3 is 2.78 bits per heavy atom. The van der Waals surface area contributed by atoms with Crippen LogP contribution in [0, 0.1) is 5.82 Å². The summed E-state index contributed by atoms with van der Waals surface area (Å²) >= 11 is 7.35. The number of para-hydroxylation sites is 2. The van der Waals surface area contributed by atoms with Crippen molar-refractivity contribution in [3.63, 3.8) is 0 Å². The van der Waals surface area contributed by atoms with E-state index in [2.05, 4.69) is 4.98 Å². The number of nitrogens with zero attached hydrogens (tertiary/aromatic N) is 2. The molecule has 0 saturated carbocycles. The summed E-state index contributed by atoms with van der Waals surface area (Å²) < 4.78 is 15.9. The number of nitrogens with two attached hydrogens (primary N) is 1. The predicted molar refractivity (Wildman–Crippen MR) is 90.2 cm³/mol. The maximum absolute atomic E-state index is 14.1. The number of fused-ring (bicyclic) bond motifs is 1. The molecule has 4 nitrogen and oxygen atoms in total. The van der Waals surface area contributed by atoms with Gasteiger partial charge in [0.1, 0.15) is 5.82 Å². The SMILES string of the molecule is NC(=O)CSc1nc2ccccc2n1Cc1c(F)cccc1Cl. The topological polar surface area (TPSA) is 60.9 Å². The summed E-state index contributed by atoms with van der Waals surface area (Å²) in [6, 6.07) is 12.1. The highest BCUT2D eigenvalue weighted by atomic mass is 35.5. The number of hydrogen-bond donors (Lipinski definition) is 1. The van der Waals surface area contributed by atoms with Crippen molar-refractivity contribution in [2.24, 2.45) is 5.73 Å². The van der Waals surface area contributed by atoms with Crippen LogP contribution in [0.25, 0.3) is 11.0 Å². The molecule has 3 aromatic rings. The number of benzene rings is 2. The first-order chi connectivity index (χ1) is 11.1. The number of aromatic nitrogens is 2. The number of rotatable bonds is 5. The van der Waals surface area contributed by atoms with E-state index in [-0.39, 0.29) is 18.1 Å². The van der Waals surface area contributed by atoms with E-state index in [9.17, 15) is 9.18 Å². The zero-order valence-electron chi connectivity index (χ0n) is 12.0. The number of amides is 1. The van der Waals surface area contributed by atoms with Crippen LogP contribution >= 0.6 is 23.4 Å². The fourth-order valence-electron chi connectivity index (χ4n) is 2.29. The van der Waals surface area contributed by atoms with Crippen LogP contribution in [0.5, 0.6) is 0 Å². The number of hydrogen-bond acceptors (Lipinski definition) is 3. The maximum atomic E-state index is 14.1. The first-order valence-corrected chi connectivity index (χ1v) is 8.22. The van der Waals surface area contributed by atoms with Crippen LogP contribution in [0.2, 0.25) is 5.02 Å². The number of primary amides is 1. The Bertz CT molecular complexity index is 861. The van der Waals surface area contributed by atoms with Gasteiger partial charge in [0.15, 0.2) is 5.16 Å². The van der Waals surface area contributed by atoms with Crippen molar-refractivity contribution in [3.05, 3.63) is 58.9 Å². The summed E-state index contributed by atoms with van der Waals surface area (Å²) in [6.07, 6.45) is 0. The van der Waals surface area contributed by atoms with E-state index in [4.69, 9.17) is 17.3 Å². The van der Waals surface area contributed by atoms with Gasteiger partial charge in [-0.2, -0.15) is 0 Å². The second-order valence-electron chi connectivity index (χ2n) is 4.92. The Morgan fingerprint density at radius 1 is 1.26 bits per heavy atom. The lowest BCUT2D eigenvalue weighted by atomic mass is 10.2. The van der Waals surface area contributed by atoms with Gasteiger partial charge in [0.25, 0.3) is 0 Å². The lowest BCUT2D eigenvalue weighted by molar-refractivity contribution is -0.115. The van der Waals surface area contributed by atoms with Gasteiger partial charge in [-0.15, -0.1) is 0 Å². The highest BCUT2D eigenvalue weighted by molar-refractivity contribution is 7.99. The molecule has 0 fully saturated rings. The van der Waals surface area contributed by atoms with Crippen molar-refractivity contribution in [1.82, 2.24) is 9.55 Å². The van der Waals surface area contributed by atoms with E-state index >= 15 is 0 Å². The molecular formula is C16H13ClFN3OS. The van der Waals surface area contributed by atoms with Gasteiger partial charge in [0.05, 0.1) is 23.3 Å². The van der Waals surface area contributed by atoms with Gasteiger partial charge >= 0.3 is 0 Å². The molecule has 3 rings (SSSR count). The minimum Gasteiger partial charge on any atom is -0.369 e. The number of carbonyl (C=O) groups excluding carboxylic acids is 1. The molecule has 1 heterocycles. The van der Waals surface area contributed by atoms with Gasteiger partial charge in [-0.25, -0.2) is 9.37 Å². The van der Waals surface area contributed by atoms with Gasteiger partial charge in [0.2, 0.25) is 5.91 Å². The van der Waals surface area contributed by atoms with Crippen LogP contribution in [0.1, 0.15) is 5.56 Å². The fourth-order valence-corrected chi connectivity index (χ4v) is 3.27. The van der Waals surface area contributed by atoms with E-state index in [1.807, 2.05) is 28.8 Å². The number of imidazole rings is 1. The molecule has 0 saturated heterocycles. The van der Waals surface area contributed by atoms with E-state index < -0.39 is 5.91 Å². The Hall–Kier alpha value is -2.05. The molecular weight excluding hydrogens is 337 g/mol. The lowest BCUT2D eigenvalue weighted by Crippen LogP contribution is -2.14. The molecule has 0 spiro atoms. The Kier molecular flexibility index (Phi) is 4.54. The van der Waals surface area contributed by atoms with E-state index in [1.165, 1.54) is 17.8 Å². The normalized spacial score (nSPS) is 11.0. The first-order valence-electron chi connectivity index (χ1n) is 6.85. The van der Waals surface area contributed by atoms with Gasteiger partial charge in [0, 0.05) is 10.6 Å². The van der Waals surface area contributed by atoms with Gasteiger partial charge in [-0.1, -0.05) is 41.6 Å². The molecule has 2 aromatic carbocycles. The minimum atomic E-state index is -0.433. The summed E-state index contributed by atoms with van der Waals surface area (Å²) in [5, 5.41) is 0.956. The van der Waals surface area contributed by atoms with Gasteiger partial charge in [-0.05, 0) is 24.3 Å². The molecule has 0 aliphatic carbocycles. The highest BCUT2D eigenvalue weighted by Crippen LogP contribution is 2.27. The standard InChI is InChI=1S/C16H13ClFN3OS/c17-11-4-3-5-12(18)10(11)8-21-14-7-2-1-6-13(14)20-16(21)23-9-15(19)22/h1-7H,8-9H2,(H2,19,22). The van der Waals surface area contributed by atoms with Crippen molar-refractivity contribution in [2.45, 2.75) is 11.7 Å². The lowest BCUT2D eigenvalue weighted by Gasteiger charge is -2.11. The predicted octanol–water partition coefficient (Wildman–Crippen LogP) is 3.45. The van der Waals surface area contributed by atoms with Crippen molar-refractivity contribution < 1.29 is 9.18 Å². The third-order valence-corrected chi connectivity index (χ3v) is 4.69. The first kappa shape index (κ1) is 15.8. The number of halogens is 2. The van der Waals surface area contributed by atoms with Gasteiger partial charge < -0.3 is 10.3 Å². The van der Waals surface area contributed by atoms with Crippen LogP contribution in [0.15, 0.2) is 47.6 Å². The quantitative estimate of drug-likeness (QED) is 0.718. The second kappa shape index (κ2) is 6.60. The van der Waals surface area contributed by atoms with Gasteiger partial charge in [-0.3, -0.25) is 4.79 Å². The van der Waals surface area contributed by atoms with Crippen molar-refractivity contribution >= 4 is 40.3 Å². The van der Waals surface area contributed by atoms with E-state index in [1.54, 1.807) is 12.1 Å². The number of carbonyl (C=O) groups is 1. The highest BCUT2D eigenvalue weighted by Gasteiger charge is 2.15.